The fourth-order valence-electron chi connectivity index (χ4n) is 1.63. The smallest absolute Gasteiger partial charge is 0.0678 e. The number of nitrogens with zero attached hydrogens (tertiary/aromatic N) is 1. The van der Waals surface area contributed by atoms with Gasteiger partial charge in [-0.25, -0.2) is 0 Å². The van der Waals surface area contributed by atoms with Crippen molar-refractivity contribution in [3.63, 3.8) is 0 Å². The van der Waals surface area contributed by atoms with Gasteiger partial charge in [-0.2, -0.15) is 0 Å². The summed E-state index contributed by atoms with van der Waals surface area (Å²) in [4.78, 5) is 2.36. The topological polar surface area (TPSA) is 12.5 Å². The van der Waals surface area contributed by atoms with Crippen LogP contribution in [0.3, 0.4) is 0 Å². The molecule has 0 bridgehead atoms. The number of hydrogen-bond donors (Lipinski definition) is 0. The van der Waals surface area contributed by atoms with Crippen LogP contribution in [0.25, 0.3) is 0 Å². The van der Waals surface area contributed by atoms with Crippen molar-refractivity contribution in [2.45, 2.75) is 26.1 Å². The molecule has 2 unspecified atom stereocenters. The van der Waals surface area contributed by atoms with Crippen LogP contribution in [0.15, 0.2) is 18.4 Å². The molecule has 2 nitrogen and oxygen atoms in total. The Labute approximate surface area is 74.5 Å². The lowest BCUT2D eigenvalue weighted by Crippen LogP contribution is -2.45. The van der Waals surface area contributed by atoms with Crippen LogP contribution in [0.4, 0.5) is 0 Å². The molecule has 0 spiro atoms. The minimum absolute atomic E-state index is 0.354. The Morgan fingerprint density at radius 3 is 2.58 bits per heavy atom. The predicted molar refractivity (Wildman–Crippen MR) is 50.2 cm³/mol. The molecule has 0 saturated carbocycles. The van der Waals surface area contributed by atoms with E-state index in [0.29, 0.717) is 12.2 Å². The summed E-state index contributed by atoms with van der Waals surface area (Å²) in [5.41, 5.74) is 2.79. The van der Waals surface area contributed by atoms with E-state index in [1.54, 1.807) is 0 Å². The molecule has 1 aliphatic heterocycles. The molecule has 1 saturated heterocycles. The van der Waals surface area contributed by atoms with Crippen molar-refractivity contribution in [2.75, 3.05) is 19.6 Å². The van der Waals surface area contributed by atoms with Gasteiger partial charge >= 0.3 is 0 Å². The van der Waals surface area contributed by atoms with Crippen LogP contribution in [-0.4, -0.2) is 36.7 Å². The molecule has 0 N–H and O–H groups in total. The van der Waals surface area contributed by atoms with Crippen LogP contribution in [-0.2, 0) is 4.74 Å². The average molecular weight is 167 g/mol. The van der Waals surface area contributed by atoms with E-state index in [2.05, 4.69) is 31.1 Å². The van der Waals surface area contributed by atoms with Gasteiger partial charge < -0.3 is 4.74 Å². The van der Waals surface area contributed by atoms with E-state index in [4.69, 9.17) is 4.74 Å². The van der Waals surface area contributed by atoms with E-state index in [1.807, 2.05) is 6.08 Å². The van der Waals surface area contributed by atoms with E-state index >= 15 is 0 Å². The lowest BCUT2D eigenvalue weighted by molar-refractivity contribution is -0.0646. The first-order valence-electron chi connectivity index (χ1n) is 4.44. The first-order valence-corrected chi connectivity index (χ1v) is 4.44. The molecule has 0 radical (unpaired) electrons. The second kappa shape index (κ2) is 4.46. The zero-order valence-electron chi connectivity index (χ0n) is 7.92. The minimum Gasteiger partial charge on any atom is -0.373 e. The van der Waals surface area contributed by atoms with Crippen LogP contribution in [0.5, 0.6) is 0 Å². The molecule has 2 heteroatoms. The molecular weight excluding hydrogens is 150 g/mol. The third kappa shape index (κ3) is 2.82. The standard InChI is InChI=1S/C10H17NO/c1-4-5-6-11-7-9(2)12-10(3)8-11/h5,9-10H,1,6-8H2,2-3H3. The van der Waals surface area contributed by atoms with Crippen molar-refractivity contribution in [1.29, 1.82) is 0 Å². The molecule has 1 aliphatic rings. The van der Waals surface area contributed by atoms with Gasteiger partial charge in [0.2, 0.25) is 0 Å². The second-order valence-corrected chi connectivity index (χ2v) is 3.38. The van der Waals surface area contributed by atoms with Crippen LogP contribution in [0, 0.1) is 0 Å². The fraction of sp³-hybridized carbons (Fsp3) is 0.700. The zero-order chi connectivity index (χ0) is 8.97. The maximum atomic E-state index is 5.60. The Morgan fingerprint density at radius 1 is 1.50 bits per heavy atom. The number of hydrogen-bond acceptors (Lipinski definition) is 2. The lowest BCUT2D eigenvalue weighted by atomic mass is 10.2. The average Bonchev–Trinajstić information content (AvgIpc) is 1.99. The molecule has 0 aromatic rings. The summed E-state index contributed by atoms with van der Waals surface area (Å²) in [5.74, 6) is 0. The van der Waals surface area contributed by atoms with Gasteiger partial charge in [-0.05, 0) is 19.9 Å². The van der Waals surface area contributed by atoms with Gasteiger partial charge in [0, 0.05) is 19.6 Å². The molecule has 0 aromatic heterocycles. The van der Waals surface area contributed by atoms with Crippen molar-refractivity contribution < 1.29 is 4.74 Å². The summed E-state index contributed by atoms with van der Waals surface area (Å²) >= 11 is 0. The van der Waals surface area contributed by atoms with E-state index in [-0.39, 0.29) is 0 Å². The predicted octanol–water partition coefficient (Wildman–Crippen LogP) is 1.44. The van der Waals surface area contributed by atoms with E-state index in [0.717, 1.165) is 19.6 Å². The number of rotatable bonds is 2. The molecule has 2 atom stereocenters. The Morgan fingerprint density at radius 2 is 2.08 bits per heavy atom. The minimum atomic E-state index is 0.354. The molecule has 1 rings (SSSR count). The van der Waals surface area contributed by atoms with Crippen LogP contribution >= 0.6 is 0 Å². The van der Waals surface area contributed by atoms with Crippen molar-refractivity contribution >= 4 is 0 Å². The van der Waals surface area contributed by atoms with Crippen molar-refractivity contribution in [2.24, 2.45) is 0 Å². The summed E-state index contributed by atoms with van der Waals surface area (Å²) in [6.07, 6.45) is 2.67. The van der Waals surface area contributed by atoms with Crippen molar-refractivity contribution in [1.82, 2.24) is 4.90 Å². The Hall–Kier alpha value is -0.560. The molecule has 1 heterocycles. The molecule has 68 valence electrons. The van der Waals surface area contributed by atoms with Crippen LogP contribution in [0.2, 0.25) is 0 Å². The number of morpholine rings is 1. The third-order valence-electron chi connectivity index (χ3n) is 1.99. The molecule has 0 aliphatic carbocycles. The Bertz CT molecular complexity index is 174. The molecule has 0 aromatic carbocycles. The lowest BCUT2D eigenvalue weighted by Gasteiger charge is -2.34. The van der Waals surface area contributed by atoms with Gasteiger partial charge in [0.15, 0.2) is 0 Å². The maximum Gasteiger partial charge on any atom is 0.0678 e. The monoisotopic (exact) mass is 167 g/mol. The summed E-state index contributed by atoms with van der Waals surface area (Å²) in [6.45, 7) is 10.7. The van der Waals surface area contributed by atoms with Gasteiger partial charge in [-0.15, -0.1) is 5.73 Å². The Kier molecular flexibility index (Phi) is 3.54. The normalized spacial score (nSPS) is 31.2. The van der Waals surface area contributed by atoms with Crippen molar-refractivity contribution in [3.05, 3.63) is 18.4 Å². The van der Waals surface area contributed by atoms with E-state index in [9.17, 15) is 0 Å². The highest BCUT2D eigenvalue weighted by Gasteiger charge is 2.20. The SMILES string of the molecule is C=C=CCN1CC(C)OC(C)C1. The largest absolute Gasteiger partial charge is 0.373 e. The second-order valence-electron chi connectivity index (χ2n) is 3.38. The molecule has 1 fully saturated rings. The van der Waals surface area contributed by atoms with Gasteiger partial charge in [-0.3, -0.25) is 4.90 Å². The first-order chi connectivity index (χ1) is 5.72. The summed E-state index contributed by atoms with van der Waals surface area (Å²) in [7, 11) is 0. The summed E-state index contributed by atoms with van der Waals surface area (Å²) in [5, 5.41) is 0. The van der Waals surface area contributed by atoms with E-state index < -0.39 is 0 Å². The Balaban J connectivity index is 2.38. The molecule has 12 heavy (non-hydrogen) atoms. The summed E-state index contributed by atoms with van der Waals surface area (Å²) < 4.78 is 5.60. The van der Waals surface area contributed by atoms with Gasteiger partial charge in [0.1, 0.15) is 0 Å². The quantitative estimate of drug-likeness (QED) is 0.577. The van der Waals surface area contributed by atoms with Gasteiger partial charge in [0.05, 0.1) is 12.2 Å². The zero-order valence-corrected chi connectivity index (χ0v) is 7.92. The van der Waals surface area contributed by atoms with Crippen LogP contribution < -0.4 is 0 Å². The molecule has 0 amide bonds. The highest BCUT2D eigenvalue weighted by molar-refractivity contribution is 4.83. The molecular formula is C10H17NO. The highest BCUT2D eigenvalue weighted by atomic mass is 16.5. The van der Waals surface area contributed by atoms with Crippen molar-refractivity contribution in [3.8, 4) is 0 Å². The first kappa shape index (κ1) is 9.53. The summed E-state index contributed by atoms with van der Waals surface area (Å²) in [6, 6.07) is 0. The fourth-order valence-corrected chi connectivity index (χ4v) is 1.63. The van der Waals surface area contributed by atoms with Gasteiger partial charge in [-0.1, -0.05) is 6.58 Å². The van der Waals surface area contributed by atoms with Gasteiger partial charge in [0.25, 0.3) is 0 Å². The van der Waals surface area contributed by atoms with Crippen LogP contribution in [0.1, 0.15) is 13.8 Å². The van der Waals surface area contributed by atoms with E-state index in [1.165, 1.54) is 0 Å². The number of ether oxygens (including phenoxy) is 1. The maximum absolute atomic E-state index is 5.60. The highest BCUT2D eigenvalue weighted by Crippen LogP contribution is 2.09. The third-order valence-corrected chi connectivity index (χ3v) is 1.99.